The molecule has 1 fully saturated rings. The normalized spacial score (nSPS) is 28.0. The van der Waals surface area contributed by atoms with Crippen molar-refractivity contribution < 1.29 is 9.53 Å². The highest BCUT2D eigenvalue weighted by Crippen LogP contribution is 2.47. The topological polar surface area (TPSA) is 50.4 Å². The molecule has 4 nitrogen and oxygen atoms in total. The van der Waals surface area contributed by atoms with Gasteiger partial charge in [0.25, 0.3) is 0 Å². The monoisotopic (exact) mass is 308 g/mol. The van der Waals surface area contributed by atoms with Crippen LogP contribution in [0.15, 0.2) is 11.6 Å². The summed E-state index contributed by atoms with van der Waals surface area (Å²) in [7, 11) is 0. The van der Waals surface area contributed by atoms with Crippen LogP contribution < -0.4 is 10.6 Å². The zero-order chi connectivity index (χ0) is 16.2. The van der Waals surface area contributed by atoms with Gasteiger partial charge in [0, 0.05) is 19.6 Å². The summed E-state index contributed by atoms with van der Waals surface area (Å²) in [6, 6.07) is 0. The molecule has 1 saturated carbocycles. The molecule has 126 valence electrons. The van der Waals surface area contributed by atoms with Gasteiger partial charge < -0.3 is 15.4 Å². The van der Waals surface area contributed by atoms with E-state index in [1.54, 1.807) is 5.57 Å². The molecule has 22 heavy (non-hydrogen) atoms. The molecule has 0 spiro atoms. The maximum atomic E-state index is 11.6. The first kappa shape index (κ1) is 17.3. The minimum absolute atomic E-state index is 0.332. The van der Waals surface area contributed by atoms with Gasteiger partial charge in [-0.05, 0) is 64.2 Å². The van der Waals surface area contributed by atoms with Crippen molar-refractivity contribution >= 4 is 6.09 Å². The highest BCUT2D eigenvalue weighted by molar-refractivity contribution is 5.67. The summed E-state index contributed by atoms with van der Waals surface area (Å²) in [6.45, 7) is 10.4. The Morgan fingerprint density at radius 2 is 2.18 bits per heavy atom. The first-order valence-electron chi connectivity index (χ1n) is 8.65. The van der Waals surface area contributed by atoms with E-state index in [9.17, 15) is 4.79 Å². The second-order valence-corrected chi connectivity index (χ2v) is 8.14. The lowest BCUT2D eigenvalue weighted by Gasteiger charge is -2.44. The number of ether oxygens (including phenoxy) is 1. The second-order valence-electron chi connectivity index (χ2n) is 8.14. The third-order valence-electron chi connectivity index (χ3n) is 4.55. The van der Waals surface area contributed by atoms with Gasteiger partial charge in [-0.1, -0.05) is 18.6 Å². The Hall–Kier alpha value is -1.03. The van der Waals surface area contributed by atoms with E-state index in [-0.39, 0.29) is 6.09 Å². The van der Waals surface area contributed by atoms with Crippen LogP contribution >= 0.6 is 0 Å². The third kappa shape index (κ3) is 5.31. The smallest absolute Gasteiger partial charge is 0.407 e. The van der Waals surface area contributed by atoms with Crippen LogP contribution in [-0.2, 0) is 4.74 Å². The second kappa shape index (κ2) is 7.03. The van der Waals surface area contributed by atoms with Crippen LogP contribution in [0.4, 0.5) is 4.79 Å². The van der Waals surface area contributed by atoms with Gasteiger partial charge in [0.2, 0.25) is 0 Å². The Kier molecular flexibility index (Phi) is 5.54. The van der Waals surface area contributed by atoms with Crippen molar-refractivity contribution in [2.24, 2.45) is 11.3 Å². The van der Waals surface area contributed by atoms with Crippen LogP contribution in [0.25, 0.3) is 0 Å². The third-order valence-corrected chi connectivity index (χ3v) is 4.55. The Morgan fingerprint density at radius 3 is 2.91 bits per heavy atom. The summed E-state index contributed by atoms with van der Waals surface area (Å²) in [6.07, 6.45) is 8.68. The summed E-state index contributed by atoms with van der Waals surface area (Å²) in [5.41, 5.74) is 1.69. The number of fused-ring (bicyclic) bond motifs is 2. The number of hydrogen-bond donors (Lipinski definition) is 2. The van der Waals surface area contributed by atoms with E-state index >= 15 is 0 Å². The number of amides is 1. The Balaban J connectivity index is 1.67. The number of allylic oxidation sites excluding steroid dienone is 2. The van der Waals surface area contributed by atoms with Gasteiger partial charge in [0.05, 0.1) is 0 Å². The van der Waals surface area contributed by atoms with Crippen molar-refractivity contribution in [3.8, 4) is 0 Å². The molecule has 0 aliphatic heterocycles. The van der Waals surface area contributed by atoms with Gasteiger partial charge in [0.1, 0.15) is 5.60 Å². The summed E-state index contributed by atoms with van der Waals surface area (Å²) >= 11 is 0. The van der Waals surface area contributed by atoms with E-state index in [0.717, 1.165) is 13.1 Å². The fourth-order valence-electron chi connectivity index (χ4n) is 3.95. The first-order chi connectivity index (χ1) is 10.3. The fourth-order valence-corrected chi connectivity index (χ4v) is 3.95. The van der Waals surface area contributed by atoms with Crippen molar-refractivity contribution in [2.75, 3.05) is 19.6 Å². The summed E-state index contributed by atoms with van der Waals surface area (Å²) in [5.74, 6) is 0.714. The maximum absolute atomic E-state index is 11.6. The quantitative estimate of drug-likeness (QED) is 0.602. The van der Waals surface area contributed by atoms with Crippen LogP contribution in [0, 0.1) is 11.3 Å². The van der Waals surface area contributed by atoms with E-state index in [1.165, 1.54) is 32.1 Å². The fraction of sp³-hybridized carbons (Fsp3) is 0.833. The molecule has 0 saturated heterocycles. The van der Waals surface area contributed by atoms with E-state index in [4.69, 9.17) is 4.74 Å². The number of alkyl carbamates (subject to hydrolysis) is 1. The van der Waals surface area contributed by atoms with Gasteiger partial charge in [0.15, 0.2) is 0 Å². The molecule has 0 heterocycles. The molecule has 4 heteroatoms. The molecule has 2 unspecified atom stereocenters. The summed E-state index contributed by atoms with van der Waals surface area (Å²) in [4.78, 5) is 11.6. The first-order valence-corrected chi connectivity index (χ1v) is 8.65. The largest absolute Gasteiger partial charge is 0.444 e. The van der Waals surface area contributed by atoms with E-state index < -0.39 is 5.60 Å². The van der Waals surface area contributed by atoms with Gasteiger partial charge in [-0.3, -0.25) is 0 Å². The molecule has 2 N–H and O–H groups in total. The molecule has 2 aliphatic rings. The Morgan fingerprint density at radius 1 is 1.41 bits per heavy atom. The number of hydrogen-bond acceptors (Lipinski definition) is 3. The van der Waals surface area contributed by atoms with Crippen LogP contribution in [0.1, 0.15) is 59.8 Å². The predicted octanol–water partition coefficient (Wildman–Crippen LogP) is 3.63. The van der Waals surface area contributed by atoms with Crippen molar-refractivity contribution in [1.82, 2.24) is 10.6 Å². The minimum Gasteiger partial charge on any atom is -0.444 e. The lowest BCUT2D eigenvalue weighted by Crippen LogP contribution is -2.42. The number of rotatable bonds is 5. The van der Waals surface area contributed by atoms with Crippen LogP contribution in [0.3, 0.4) is 0 Å². The van der Waals surface area contributed by atoms with Crippen molar-refractivity contribution in [3.63, 3.8) is 0 Å². The van der Waals surface area contributed by atoms with Crippen LogP contribution in [-0.4, -0.2) is 31.3 Å². The molecule has 0 radical (unpaired) electrons. The zero-order valence-corrected chi connectivity index (χ0v) is 14.6. The van der Waals surface area contributed by atoms with Crippen LogP contribution in [0.5, 0.6) is 0 Å². The predicted molar refractivity (Wildman–Crippen MR) is 89.9 cm³/mol. The van der Waals surface area contributed by atoms with Crippen molar-refractivity contribution in [2.45, 2.75) is 65.4 Å². The molecular formula is C18H32N2O2. The Labute approximate surface area is 135 Å². The average molecular weight is 308 g/mol. The molecular weight excluding hydrogens is 276 g/mol. The summed E-state index contributed by atoms with van der Waals surface area (Å²) < 4.78 is 5.23. The molecule has 0 aromatic rings. The summed E-state index contributed by atoms with van der Waals surface area (Å²) in [5, 5.41) is 6.35. The maximum Gasteiger partial charge on any atom is 0.407 e. The van der Waals surface area contributed by atoms with Gasteiger partial charge in [-0.2, -0.15) is 0 Å². The average Bonchev–Trinajstić information content (AvgIpc) is 2.35. The molecule has 2 atom stereocenters. The van der Waals surface area contributed by atoms with Gasteiger partial charge in [-0.15, -0.1) is 0 Å². The van der Waals surface area contributed by atoms with E-state index in [1.807, 2.05) is 20.8 Å². The van der Waals surface area contributed by atoms with E-state index in [0.29, 0.717) is 17.9 Å². The molecule has 1 amide bonds. The number of carbonyl (C=O) groups is 1. The van der Waals surface area contributed by atoms with Gasteiger partial charge in [-0.25, -0.2) is 4.79 Å². The lowest BCUT2D eigenvalue weighted by atomic mass is 9.63. The Bertz CT molecular complexity index is 425. The molecule has 0 aromatic carbocycles. The van der Waals surface area contributed by atoms with Crippen molar-refractivity contribution in [1.29, 1.82) is 0 Å². The molecule has 2 rings (SSSR count). The lowest BCUT2D eigenvalue weighted by molar-refractivity contribution is 0.0527. The SMILES string of the molecule is CC1C=C2CCCC(CNCCNC(=O)OC(C)(C)C)(C2)C1. The number of nitrogens with one attached hydrogen (secondary N) is 2. The highest BCUT2D eigenvalue weighted by Gasteiger charge is 2.37. The zero-order valence-electron chi connectivity index (χ0n) is 14.6. The van der Waals surface area contributed by atoms with Crippen LogP contribution in [0.2, 0.25) is 0 Å². The molecule has 0 aromatic heterocycles. The standard InChI is InChI=1S/C18H32N2O2/c1-14-10-15-6-5-7-18(11-14,12-15)13-19-8-9-20-16(21)22-17(2,3)4/h10,14,19H,5-9,11-13H2,1-4H3,(H,20,21). The van der Waals surface area contributed by atoms with Gasteiger partial charge >= 0.3 is 6.09 Å². The van der Waals surface area contributed by atoms with E-state index in [2.05, 4.69) is 23.6 Å². The minimum atomic E-state index is -0.431. The van der Waals surface area contributed by atoms with Crippen molar-refractivity contribution in [3.05, 3.63) is 11.6 Å². The number of carbonyl (C=O) groups excluding carboxylic acids is 1. The molecule has 2 bridgehead atoms. The molecule has 2 aliphatic carbocycles. The highest BCUT2D eigenvalue weighted by atomic mass is 16.6.